The van der Waals surface area contributed by atoms with Gasteiger partial charge in [-0.05, 0) is 12.1 Å². The molecule has 25 heavy (non-hydrogen) atoms. The second-order valence-electron chi connectivity index (χ2n) is 6.03. The van der Waals surface area contributed by atoms with Crippen LogP contribution in [0.25, 0.3) is 10.9 Å². The van der Waals surface area contributed by atoms with E-state index in [1.54, 1.807) is 12.4 Å². The molecule has 0 aliphatic carbocycles. The highest BCUT2D eigenvalue weighted by molar-refractivity contribution is 5.92. The quantitative estimate of drug-likeness (QED) is 0.737. The Morgan fingerprint density at radius 1 is 1.04 bits per heavy atom. The van der Waals surface area contributed by atoms with Gasteiger partial charge >= 0.3 is 0 Å². The van der Waals surface area contributed by atoms with Crippen molar-refractivity contribution in [2.75, 3.05) is 13.1 Å². The van der Waals surface area contributed by atoms with Crippen molar-refractivity contribution < 1.29 is 9.53 Å². The summed E-state index contributed by atoms with van der Waals surface area (Å²) < 4.78 is 6.17. The van der Waals surface area contributed by atoms with Gasteiger partial charge in [-0.25, -0.2) is 4.98 Å². The summed E-state index contributed by atoms with van der Waals surface area (Å²) >= 11 is 0. The number of fused-ring (bicyclic) bond motifs is 1. The second kappa shape index (κ2) is 6.84. The van der Waals surface area contributed by atoms with Crippen LogP contribution in [-0.4, -0.2) is 45.0 Å². The van der Waals surface area contributed by atoms with Crippen LogP contribution in [0, 0.1) is 0 Å². The van der Waals surface area contributed by atoms with Gasteiger partial charge in [0, 0.05) is 49.9 Å². The molecule has 1 aliphatic heterocycles. The smallest absolute Gasteiger partial charge is 0.274 e. The molecule has 0 spiro atoms. The lowest BCUT2D eigenvalue weighted by molar-refractivity contribution is 0.0592. The van der Waals surface area contributed by atoms with Crippen LogP contribution in [0.15, 0.2) is 55.1 Å². The number of pyridine rings is 1. The van der Waals surface area contributed by atoms with Crippen LogP contribution in [0.4, 0.5) is 0 Å². The maximum atomic E-state index is 12.4. The fourth-order valence-corrected chi connectivity index (χ4v) is 3.10. The van der Waals surface area contributed by atoms with Gasteiger partial charge in [-0.3, -0.25) is 14.8 Å². The molecule has 0 saturated carbocycles. The zero-order valence-electron chi connectivity index (χ0n) is 13.7. The number of hydrogen-bond donors (Lipinski definition) is 0. The number of benzene rings is 1. The van der Waals surface area contributed by atoms with Gasteiger partial charge in [-0.1, -0.05) is 18.2 Å². The minimum atomic E-state index is -0.0709. The van der Waals surface area contributed by atoms with E-state index in [1.807, 2.05) is 35.2 Å². The first-order chi connectivity index (χ1) is 12.3. The fraction of sp³-hybridized carbons (Fsp3) is 0.263. The Kier molecular flexibility index (Phi) is 4.24. The summed E-state index contributed by atoms with van der Waals surface area (Å²) in [5, 5.41) is 1.07. The van der Waals surface area contributed by atoms with E-state index in [-0.39, 0.29) is 12.0 Å². The number of hydrogen-bond acceptors (Lipinski definition) is 5. The van der Waals surface area contributed by atoms with Crippen molar-refractivity contribution in [2.24, 2.45) is 0 Å². The summed E-state index contributed by atoms with van der Waals surface area (Å²) in [5.74, 6) is 0.732. The van der Waals surface area contributed by atoms with Gasteiger partial charge in [0.25, 0.3) is 5.91 Å². The van der Waals surface area contributed by atoms with Crippen LogP contribution in [-0.2, 0) is 0 Å². The van der Waals surface area contributed by atoms with E-state index in [4.69, 9.17) is 4.74 Å². The van der Waals surface area contributed by atoms with Gasteiger partial charge in [-0.15, -0.1) is 0 Å². The molecule has 0 radical (unpaired) electrons. The molecule has 4 rings (SSSR count). The van der Waals surface area contributed by atoms with Crippen molar-refractivity contribution >= 4 is 16.8 Å². The largest absolute Gasteiger partial charge is 0.488 e. The van der Waals surface area contributed by atoms with Crippen molar-refractivity contribution in [2.45, 2.75) is 18.9 Å². The van der Waals surface area contributed by atoms with Gasteiger partial charge < -0.3 is 9.64 Å². The first-order valence-electron chi connectivity index (χ1n) is 8.37. The number of piperidine rings is 1. The number of nitrogens with zero attached hydrogens (tertiary/aromatic N) is 4. The number of carbonyl (C=O) groups excluding carboxylic acids is 1. The Balaban J connectivity index is 1.41. The number of carbonyl (C=O) groups is 1. The average molecular weight is 334 g/mol. The summed E-state index contributed by atoms with van der Waals surface area (Å²) in [6, 6.07) is 9.90. The molecule has 6 heteroatoms. The molecule has 3 heterocycles. The second-order valence-corrected chi connectivity index (χ2v) is 6.03. The van der Waals surface area contributed by atoms with Gasteiger partial charge in [0.2, 0.25) is 0 Å². The van der Waals surface area contributed by atoms with E-state index in [1.165, 1.54) is 12.4 Å². The fourth-order valence-electron chi connectivity index (χ4n) is 3.10. The van der Waals surface area contributed by atoms with Gasteiger partial charge in [0.15, 0.2) is 0 Å². The highest BCUT2D eigenvalue weighted by Gasteiger charge is 2.25. The molecule has 0 N–H and O–H groups in total. The maximum Gasteiger partial charge on any atom is 0.274 e. The molecule has 0 atom stereocenters. The summed E-state index contributed by atoms with van der Waals surface area (Å²) in [6.07, 6.45) is 8.04. The van der Waals surface area contributed by atoms with E-state index < -0.39 is 0 Å². The third-order valence-electron chi connectivity index (χ3n) is 4.40. The van der Waals surface area contributed by atoms with Crippen molar-refractivity contribution in [3.8, 4) is 5.75 Å². The van der Waals surface area contributed by atoms with E-state index in [2.05, 4.69) is 15.0 Å². The summed E-state index contributed by atoms with van der Waals surface area (Å²) in [6.45, 7) is 1.30. The van der Waals surface area contributed by atoms with Crippen LogP contribution in [0.1, 0.15) is 23.3 Å². The number of amides is 1. The van der Waals surface area contributed by atoms with Crippen molar-refractivity contribution in [3.63, 3.8) is 0 Å². The Labute approximate surface area is 145 Å². The topological polar surface area (TPSA) is 68.2 Å². The highest BCUT2D eigenvalue weighted by atomic mass is 16.5. The Bertz CT molecular complexity index is 871. The van der Waals surface area contributed by atoms with Crippen molar-refractivity contribution in [1.29, 1.82) is 0 Å². The summed E-state index contributed by atoms with van der Waals surface area (Å²) in [5.41, 5.74) is 1.27. The minimum Gasteiger partial charge on any atom is -0.488 e. The predicted octanol–water partition coefficient (Wildman–Crippen LogP) is 2.71. The predicted molar refractivity (Wildman–Crippen MR) is 93.3 cm³/mol. The van der Waals surface area contributed by atoms with E-state index in [0.29, 0.717) is 18.8 Å². The number of rotatable bonds is 3. The van der Waals surface area contributed by atoms with Gasteiger partial charge in [0.1, 0.15) is 23.1 Å². The first-order valence-corrected chi connectivity index (χ1v) is 8.37. The van der Waals surface area contributed by atoms with Gasteiger partial charge in [-0.2, -0.15) is 0 Å². The lowest BCUT2D eigenvalue weighted by atomic mass is 10.1. The molecule has 1 fully saturated rings. The molecule has 1 amide bonds. The van der Waals surface area contributed by atoms with E-state index in [9.17, 15) is 4.79 Å². The van der Waals surface area contributed by atoms with Gasteiger partial charge in [0.05, 0.1) is 6.20 Å². The molecule has 0 bridgehead atoms. The molecule has 3 aromatic rings. The molecule has 1 saturated heterocycles. The molecule has 1 aliphatic rings. The zero-order valence-corrected chi connectivity index (χ0v) is 13.7. The number of aromatic nitrogens is 3. The molecule has 126 valence electrons. The zero-order chi connectivity index (χ0) is 17.1. The molecule has 2 aromatic heterocycles. The third kappa shape index (κ3) is 3.28. The van der Waals surface area contributed by atoms with Crippen LogP contribution in [0.5, 0.6) is 5.75 Å². The average Bonchev–Trinajstić information content (AvgIpc) is 2.69. The SMILES string of the molecule is O=C(c1cnccn1)N1CCC(Oc2cccc3cccnc23)CC1. The van der Waals surface area contributed by atoms with Crippen molar-refractivity contribution in [3.05, 3.63) is 60.8 Å². The lowest BCUT2D eigenvalue weighted by Gasteiger charge is -2.32. The van der Waals surface area contributed by atoms with E-state index in [0.717, 1.165) is 29.5 Å². The normalized spacial score (nSPS) is 15.3. The Morgan fingerprint density at radius 3 is 2.68 bits per heavy atom. The van der Waals surface area contributed by atoms with Crippen LogP contribution in [0.2, 0.25) is 0 Å². The number of ether oxygens (including phenoxy) is 1. The van der Waals surface area contributed by atoms with Crippen molar-refractivity contribution in [1.82, 2.24) is 19.9 Å². The standard InChI is InChI=1S/C19H18N4O2/c24-19(16-13-20-9-10-21-16)23-11-6-15(7-12-23)25-17-5-1-3-14-4-2-8-22-18(14)17/h1-5,8-10,13,15H,6-7,11-12H2. The third-order valence-corrected chi connectivity index (χ3v) is 4.40. The number of likely N-dealkylation sites (tertiary alicyclic amines) is 1. The Hall–Kier alpha value is -3.02. The Morgan fingerprint density at radius 2 is 1.88 bits per heavy atom. The lowest BCUT2D eigenvalue weighted by Crippen LogP contribution is -2.42. The number of para-hydroxylation sites is 1. The van der Waals surface area contributed by atoms with Crippen LogP contribution < -0.4 is 4.74 Å². The monoisotopic (exact) mass is 334 g/mol. The maximum absolute atomic E-state index is 12.4. The molecular formula is C19H18N4O2. The highest BCUT2D eigenvalue weighted by Crippen LogP contribution is 2.26. The minimum absolute atomic E-state index is 0.0709. The van der Waals surface area contributed by atoms with Crippen LogP contribution >= 0.6 is 0 Å². The summed E-state index contributed by atoms with van der Waals surface area (Å²) in [7, 11) is 0. The first kappa shape index (κ1) is 15.5. The molecule has 6 nitrogen and oxygen atoms in total. The van der Waals surface area contributed by atoms with Crippen LogP contribution in [0.3, 0.4) is 0 Å². The molecule has 1 aromatic carbocycles. The summed E-state index contributed by atoms with van der Waals surface area (Å²) in [4.78, 5) is 26.7. The van der Waals surface area contributed by atoms with E-state index >= 15 is 0 Å². The molecule has 0 unspecified atom stereocenters. The molecular weight excluding hydrogens is 316 g/mol.